The SMILES string of the molecule is Fc1ccccc1CCNc1cc(-c2ccccc2)nc(NCc2ccncc2)n1. The highest BCUT2D eigenvalue weighted by Gasteiger charge is 2.08. The van der Waals surface area contributed by atoms with Crippen molar-refractivity contribution in [2.24, 2.45) is 0 Å². The van der Waals surface area contributed by atoms with Gasteiger partial charge in [-0.15, -0.1) is 0 Å². The van der Waals surface area contributed by atoms with E-state index in [1.54, 1.807) is 24.5 Å². The van der Waals surface area contributed by atoms with Gasteiger partial charge in [-0.25, -0.2) is 9.37 Å². The second-order valence-electron chi connectivity index (χ2n) is 6.81. The van der Waals surface area contributed by atoms with E-state index in [4.69, 9.17) is 0 Å². The highest BCUT2D eigenvalue weighted by molar-refractivity contribution is 5.64. The number of pyridine rings is 1. The monoisotopic (exact) mass is 399 g/mol. The van der Waals surface area contributed by atoms with Crippen LogP contribution in [0.25, 0.3) is 11.3 Å². The van der Waals surface area contributed by atoms with Gasteiger partial charge in [0.1, 0.15) is 11.6 Å². The van der Waals surface area contributed by atoms with Gasteiger partial charge in [0.2, 0.25) is 5.95 Å². The average molecular weight is 399 g/mol. The number of nitrogens with one attached hydrogen (secondary N) is 2. The van der Waals surface area contributed by atoms with E-state index >= 15 is 0 Å². The van der Waals surface area contributed by atoms with Crippen LogP contribution in [0.1, 0.15) is 11.1 Å². The zero-order chi connectivity index (χ0) is 20.6. The molecule has 0 spiro atoms. The molecular formula is C24H22FN5. The second-order valence-corrected chi connectivity index (χ2v) is 6.81. The van der Waals surface area contributed by atoms with E-state index in [0.717, 1.165) is 16.8 Å². The summed E-state index contributed by atoms with van der Waals surface area (Å²) in [4.78, 5) is 13.3. The van der Waals surface area contributed by atoms with Crippen molar-refractivity contribution in [2.75, 3.05) is 17.2 Å². The minimum absolute atomic E-state index is 0.188. The Labute approximate surface area is 175 Å². The van der Waals surface area contributed by atoms with E-state index < -0.39 is 0 Å². The minimum atomic E-state index is -0.188. The Bertz CT molecular complexity index is 1090. The molecule has 0 bridgehead atoms. The number of anilines is 2. The van der Waals surface area contributed by atoms with Crippen LogP contribution in [0, 0.1) is 5.82 Å². The van der Waals surface area contributed by atoms with Gasteiger partial charge < -0.3 is 10.6 Å². The molecule has 0 saturated carbocycles. The zero-order valence-corrected chi connectivity index (χ0v) is 16.4. The Morgan fingerprint density at radius 3 is 2.37 bits per heavy atom. The fraction of sp³-hybridized carbons (Fsp3) is 0.125. The maximum atomic E-state index is 13.9. The molecule has 0 unspecified atom stereocenters. The van der Waals surface area contributed by atoms with Gasteiger partial charge >= 0.3 is 0 Å². The smallest absolute Gasteiger partial charge is 0.225 e. The van der Waals surface area contributed by atoms with Crippen LogP contribution in [0.2, 0.25) is 0 Å². The summed E-state index contributed by atoms with van der Waals surface area (Å²) < 4.78 is 13.9. The lowest BCUT2D eigenvalue weighted by Crippen LogP contribution is -2.10. The molecule has 150 valence electrons. The molecule has 4 aromatic rings. The van der Waals surface area contributed by atoms with Gasteiger partial charge in [0.15, 0.2) is 0 Å². The molecule has 0 aliphatic rings. The molecule has 2 heterocycles. The summed E-state index contributed by atoms with van der Waals surface area (Å²) in [7, 11) is 0. The topological polar surface area (TPSA) is 62.7 Å². The first-order chi connectivity index (χ1) is 14.8. The summed E-state index contributed by atoms with van der Waals surface area (Å²) >= 11 is 0. The highest BCUT2D eigenvalue weighted by atomic mass is 19.1. The van der Waals surface area contributed by atoms with Crippen molar-refractivity contribution < 1.29 is 4.39 Å². The summed E-state index contributed by atoms with van der Waals surface area (Å²) in [6.45, 7) is 1.16. The summed E-state index contributed by atoms with van der Waals surface area (Å²) in [6, 6.07) is 22.6. The molecule has 2 aromatic carbocycles. The third-order valence-corrected chi connectivity index (χ3v) is 4.65. The normalized spacial score (nSPS) is 10.6. The third kappa shape index (κ3) is 5.17. The molecular weight excluding hydrogens is 377 g/mol. The van der Waals surface area contributed by atoms with Crippen LogP contribution in [0.15, 0.2) is 85.2 Å². The Morgan fingerprint density at radius 2 is 1.57 bits per heavy atom. The average Bonchev–Trinajstić information content (AvgIpc) is 2.80. The molecule has 30 heavy (non-hydrogen) atoms. The molecule has 0 aliphatic carbocycles. The van der Waals surface area contributed by atoms with Gasteiger partial charge in [-0.05, 0) is 35.7 Å². The number of nitrogens with zero attached hydrogens (tertiary/aromatic N) is 3. The van der Waals surface area contributed by atoms with Gasteiger partial charge in [0.05, 0.1) is 5.69 Å². The Balaban J connectivity index is 1.51. The van der Waals surface area contributed by atoms with Crippen LogP contribution in [0.4, 0.5) is 16.2 Å². The molecule has 0 amide bonds. The standard InChI is InChI=1S/C24H22FN5/c25-21-9-5-4-6-19(21)12-15-27-23-16-22(20-7-2-1-3-8-20)29-24(30-23)28-17-18-10-13-26-14-11-18/h1-11,13-14,16H,12,15,17H2,(H2,27,28,29,30). The number of hydrogen-bond donors (Lipinski definition) is 2. The van der Waals surface area contributed by atoms with Crippen LogP contribution in [0.3, 0.4) is 0 Å². The molecule has 0 aliphatic heterocycles. The molecule has 6 heteroatoms. The first kappa shape index (κ1) is 19.5. The quantitative estimate of drug-likeness (QED) is 0.439. The van der Waals surface area contributed by atoms with Crippen molar-refractivity contribution in [2.45, 2.75) is 13.0 Å². The molecule has 5 nitrogen and oxygen atoms in total. The number of aromatic nitrogens is 3. The summed E-state index contributed by atoms with van der Waals surface area (Å²) in [6.07, 6.45) is 4.08. The second kappa shape index (κ2) is 9.60. The molecule has 4 rings (SSSR count). The summed E-state index contributed by atoms with van der Waals surface area (Å²) in [5.41, 5.74) is 3.59. The fourth-order valence-corrected chi connectivity index (χ4v) is 3.08. The van der Waals surface area contributed by atoms with Crippen LogP contribution < -0.4 is 10.6 Å². The predicted molar refractivity (Wildman–Crippen MR) is 118 cm³/mol. The van der Waals surface area contributed by atoms with Crippen LogP contribution in [-0.4, -0.2) is 21.5 Å². The van der Waals surface area contributed by atoms with Crippen molar-refractivity contribution in [1.29, 1.82) is 0 Å². The van der Waals surface area contributed by atoms with Gasteiger partial charge in [-0.3, -0.25) is 4.98 Å². The molecule has 2 N–H and O–H groups in total. The lowest BCUT2D eigenvalue weighted by atomic mass is 10.1. The Hall–Kier alpha value is -3.80. The zero-order valence-electron chi connectivity index (χ0n) is 16.4. The van der Waals surface area contributed by atoms with E-state index in [9.17, 15) is 4.39 Å². The van der Waals surface area contributed by atoms with Crippen molar-refractivity contribution in [3.63, 3.8) is 0 Å². The lowest BCUT2D eigenvalue weighted by molar-refractivity contribution is 0.610. The first-order valence-electron chi connectivity index (χ1n) is 9.82. The molecule has 0 atom stereocenters. The maximum absolute atomic E-state index is 13.9. The lowest BCUT2D eigenvalue weighted by Gasteiger charge is -2.12. The summed E-state index contributed by atoms with van der Waals surface area (Å²) in [5.74, 6) is 1.03. The van der Waals surface area contributed by atoms with Gasteiger partial charge in [0.25, 0.3) is 0 Å². The van der Waals surface area contributed by atoms with Crippen LogP contribution >= 0.6 is 0 Å². The molecule has 2 aromatic heterocycles. The minimum Gasteiger partial charge on any atom is -0.370 e. The van der Waals surface area contributed by atoms with Crippen LogP contribution in [0.5, 0.6) is 0 Å². The first-order valence-corrected chi connectivity index (χ1v) is 9.82. The van der Waals surface area contributed by atoms with Crippen molar-refractivity contribution >= 4 is 11.8 Å². The molecule has 0 saturated heterocycles. The Morgan fingerprint density at radius 1 is 0.800 bits per heavy atom. The van der Waals surface area contributed by atoms with E-state index in [0.29, 0.717) is 36.8 Å². The van der Waals surface area contributed by atoms with Gasteiger partial charge in [0, 0.05) is 37.1 Å². The number of halogens is 1. The summed E-state index contributed by atoms with van der Waals surface area (Å²) in [5, 5.41) is 6.58. The number of hydrogen-bond acceptors (Lipinski definition) is 5. The van der Waals surface area contributed by atoms with Gasteiger partial charge in [-0.1, -0.05) is 48.5 Å². The Kier molecular flexibility index (Phi) is 6.25. The van der Waals surface area contributed by atoms with Crippen molar-refractivity contribution in [3.05, 3.63) is 102 Å². The van der Waals surface area contributed by atoms with E-state index in [-0.39, 0.29) is 5.82 Å². The largest absolute Gasteiger partial charge is 0.370 e. The predicted octanol–water partition coefficient (Wildman–Crippen LogP) is 4.94. The highest BCUT2D eigenvalue weighted by Crippen LogP contribution is 2.21. The van der Waals surface area contributed by atoms with E-state index in [2.05, 4.69) is 25.6 Å². The van der Waals surface area contributed by atoms with Gasteiger partial charge in [-0.2, -0.15) is 4.98 Å². The number of rotatable bonds is 8. The molecule has 0 fully saturated rings. The third-order valence-electron chi connectivity index (χ3n) is 4.65. The maximum Gasteiger partial charge on any atom is 0.225 e. The van der Waals surface area contributed by atoms with Crippen molar-refractivity contribution in [1.82, 2.24) is 15.0 Å². The number of benzene rings is 2. The van der Waals surface area contributed by atoms with E-state index in [1.807, 2.05) is 54.6 Å². The fourth-order valence-electron chi connectivity index (χ4n) is 3.08. The van der Waals surface area contributed by atoms with Crippen molar-refractivity contribution in [3.8, 4) is 11.3 Å². The van der Waals surface area contributed by atoms with Crippen LogP contribution in [-0.2, 0) is 13.0 Å². The molecule has 0 radical (unpaired) electrons. The van der Waals surface area contributed by atoms with E-state index in [1.165, 1.54) is 6.07 Å².